The first kappa shape index (κ1) is 16.7. The van der Waals surface area contributed by atoms with Gasteiger partial charge in [0.2, 0.25) is 5.91 Å². The summed E-state index contributed by atoms with van der Waals surface area (Å²) < 4.78 is 5.35. The van der Waals surface area contributed by atoms with Gasteiger partial charge in [-0.05, 0) is 17.5 Å². The lowest BCUT2D eigenvalue weighted by Gasteiger charge is -2.24. The van der Waals surface area contributed by atoms with Gasteiger partial charge in [0.05, 0.1) is 13.2 Å². The first-order valence-electron chi connectivity index (χ1n) is 8.53. The minimum atomic E-state index is -0.231. The van der Waals surface area contributed by atoms with Gasteiger partial charge in [-0.15, -0.1) is 0 Å². The predicted molar refractivity (Wildman–Crippen MR) is 95.0 cm³/mol. The van der Waals surface area contributed by atoms with Crippen molar-refractivity contribution in [1.29, 1.82) is 0 Å². The summed E-state index contributed by atoms with van der Waals surface area (Å²) in [7, 11) is 0. The molecule has 0 spiro atoms. The number of hydrogen-bond donors (Lipinski definition) is 2. The Kier molecular flexibility index (Phi) is 5.99. The Morgan fingerprint density at radius 2 is 1.71 bits per heavy atom. The van der Waals surface area contributed by atoms with Crippen LogP contribution in [0.5, 0.6) is 0 Å². The van der Waals surface area contributed by atoms with Crippen LogP contribution >= 0.6 is 0 Å². The van der Waals surface area contributed by atoms with Crippen molar-refractivity contribution in [2.45, 2.75) is 18.4 Å². The van der Waals surface area contributed by atoms with Gasteiger partial charge < -0.3 is 15.4 Å². The van der Waals surface area contributed by atoms with E-state index in [1.807, 2.05) is 12.1 Å². The van der Waals surface area contributed by atoms with E-state index in [4.69, 9.17) is 4.74 Å². The third kappa shape index (κ3) is 4.43. The molecule has 0 bridgehead atoms. The monoisotopic (exact) mass is 324 g/mol. The standard InChI is InChI=1S/C20H24N2O2/c23-20(19-15-24-14-13-21-19)22-12-11-18(16-7-3-1-4-8-16)17-9-5-2-6-10-17/h1-10,18-19,21H,11-15H2,(H,22,23)/t19-/m0/s1. The molecule has 2 N–H and O–H groups in total. The van der Waals surface area contributed by atoms with Crippen LogP contribution in [0.2, 0.25) is 0 Å². The summed E-state index contributed by atoms with van der Waals surface area (Å²) >= 11 is 0. The quantitative estimate of drug-likeness (QED) is 0.857. The van der Waals surface area contributed by atoms with Crippen molar-refractivity contribution in [2.24, 2.45) is 0 Å². The van der Waals surface area contributed by atoms with Gasteiger partial charge in [0.25, 0.3) is 0 Å². The van der Waals surface area contributed by atoms with Crippen LogP contribution in [-0.4, -0.2) is 38.3 Å². The smallest absolute Gasteiger partial charge is 0.239 e. The van der Waals surface area contributed by atoms with E-state index in [0.717, 1.165) is 13.0 Å². The summed E-state index contributed by atoms with van der Waals surface area (Å²) in [6.45, 7) is 2.50. The minimum Gasteiger partial charge on any atom is -0.378 e. The predicted octanol–water partition coefficient (Wildman–Crippen LogP) is 2.31. The summed E-state index contributed by atoms with van der Waals surface area (Å²) in [5.41, 5.74) is 2.55. The number of ether oxygens (including phenoxy) is 1. The second-order valence-electron chi connectivity index (χ2n) is 6.04. The van der Waals surface area contributed by atoms with Gasteiger partial charge in [0, 0.05) is 19.0 Å². The van der Waals surface area contributed by atoms with Crippen molar-refractivity contribution in [3.05, 3.63) is 71.8 Å². The van der Waals surface area contributed by atoms with Gasteiger partial charge in [0.1, 0.15) is 6.04 Å². The molecule has 24 heavy (non-hydrogen) atoms. The maximum absolute atomic E-state index is 12.2. The molecule has 0 unspecified atom stereocenters. The van der Waals surface area contributed by atoms with E-state index in [-0.39, 0.29) is 17.9 Å². The highest BCUT2D eigenvalue weighted by Crippen LogP contribution is 2.27. The first-order valence-corrected chi connectivity index (χ1v) is 8.53. The number of carbonyl (C=O) groups is 1. The molecule has 2 aromatic carbocycles. The van der Waals surface area contributed by atoms with Crippen molar-refractivity contribution in [2.75, 3.05) is 26.3 Å². The lowest BCUT2D eigenvalue weighted by Crippen LogP contribution is -2.51. The van der Waals surface area contributed by atoms with E-state index in [1.54, 1.807) is 0 Å². The zero-order chi connectivity index (χ0) is 16.6. The number of amides is 1. The van der Waals surface area contributed by atoms with Gasteiger partial charge in [-0.3, -0.25) is 4.79 Å². The van der Waals surface area contributed by atoms with Gasteiger partial charge in [-0.25, -0.2) is 0 Å². The van der Waals surface area contributed by atoms with Crippen molar-refractivity contribution in [1.82, 2.24) is 10.6 Å². The number of hydrogen-bond acceptors (Lipinski definition) is 3. The largest absolute Gasteiger partial charge is 0.378 e. The fourth-order valence-corrected chi connectivity index (χ4v) is 3.09. The highest BCUT2D eigenvalue weighted by atomic mass is 16.5. The Labute approximate surface area is 143 Å². The molecule has 4 nitrogen and oxygen atoms in total. The van der Waals surface area contributed by atoms with Crippen molar-refractivity contribution in [3.8, 4) is 0 Å². The van der Waals surface area contributed by atoms with E-state index in [0.29, 0.717) is 19.8 Å². The van der Waals surface area contributed by atoms with Crippen LogP contribution in [0, 0.1) is 0 Å². The highest BCUT2D eigenvalue weighted by molar-refractivity contribution is 5.81. The van der Waals surface area contributed by atoms with Gasteiger partial charge in [-0.2, -0.15) is 0 Å². The lowest BCUT2D eigenvalue weighted by atomic mass is 9.88. The van der Waals surface area contributed by atoms with Crippen LogP contribution in [0.3, 0.4) is 0 Å². The lowest BCUT2D eigenvalue weighted by molar-refractivity contribution is -0.125. The second-order valence-corrected chi connectivity index (χ2v) is 6.04. The summed E-state index contributed by atoms with van der Waals surface area (Å²) in [5.74, 6) is 0.304. The van der Waals surface area contributed by atoms with Gasteiger partial charge in [-0.1, -0.05) is 60.7 Å². The molecule has 0 radical (unpaired) electrons. The summed E-state index contributed by atoms with van der Waals surface area (Å²) in [6, 6.07) is 20.7. The Morgan fingerprint density at radius 1 is 1.08 bits per heavy atom. The molecule has 4 heteroatoms. The van der Waals surface area contributed by atoms with Crippen molar-refractivity contribution < 1.29 is 9.53 Å². The average molecular weight is 324 g/mol. The fourth-order valence-electron chi connectivity index (χ4n) is 3.09. The third-order valence-electron chi connectivity index (χ3n) is 4.37. The van der Waals surface area contributed by atoms with Crippen molar-refractivity contribution >= 4 is 5.91 Å². The Bertz CT molecular complexity index is 585. The van der Waals surface area contributed by atoms with E-state index >= 15 is 0 Å². The molecule has 1 aliphatic heterocycles. The molecule has 1 amide bonds. The summed E-state index contributed by atoms with van der Waals surface area (Å²) in [5, 5.41) is 6.22. The molecule has 1 fully saturated rings. The zero-order valence-electron chi connectivity index (χ0n) is 13.8. The second kappa shape index (κ2) is 8.62. The first-order chi connectivity index (χ1) is 11.8. The number of carbonyl (C=O) groups excluding carboxylic acids is 1. The molecular formula is C20H24N2O2. The minimum absolute atomic E-state index is 0.0228. The maximum Gasteiger partial charge on any atom is 0.239 e. The molecule has 126 valence electrons. The number of rotatable bonds is 6. The molecular weight excluding hydrogens is 300 g/mol. The van der Waals surface area contributed by atoms with Crippen LogP contribution in [0.15, 0.2) is 60.7 Å². The Hall–Kier alpha value is -2.17. The van der Waals surface area contributed by atoms with Crippen LogP contribution in [0.1, 0.15) is 23.5 Å². The summed E-state index contributed by atoms with van der Waals surface area (Å²) in [4.78, 5) is 12.2. The van der Waals surface area contributed by atoms with Crippen LogP contribution < -0.4 is 10.6 Å². The molecule has 0 aliphatic carbocycles. The van der Waals surface area contributed by atoms with Gasteiger partial charge in [0.15, 0.2) is 0 Å². The maximum atomic E-state index is 12.2. The highest BCUT2D eigenvalue weighted by Gasteiger charge is 2.21. The normalized spacial score (nSPS) is 17.6. The zero-order valence-corrected chi connectivity index (χ0v) is 13.8. The Morgan fingerprint density at radius 3 is 2.25 bits per heavy atom. The molecule has 3 rings (SSSR count). The van der Waals surface area contributed by atoms with E-state index in [2.05, 4.69) is 59.2 Å². The SMILES string of the molecule is O=C(NCCC(c1ccccc1)c1ccccc1)[C@@H]1COCCN1. The van der Waals surface area contributed by atoms with Crippen LogP contribution in [0.4, 0.5) is 0 Å². The van der Waals surface area contributed by atoms with Crippen molar-refractivity contribution in [3.63, 3.8) is 0 Å². The molecule has 1 aliphatic rings. The molecule has 0 saturated carbocycles. The number of morpholine rings is 1. The number of nitrogens with one attached hydrogen (secondary N) is 2. The van der Waals surface area contributed by atoms with Gasteiger partial charge >= 0.3 is 0 Å². The van der Waals surface area contributed by atoms with E-state index in [1.165, 1.54) is 11.1 Å². The average Bonchev–Trinajstić information content (AvgIpc) is 2.67. The van der Waals surface area contributed by atoms with E-state index < -0.39 is 0 Å². The molecule has 1 atom stereocenters. The fraction of sp³-hybridized carbons (Fsp3) is 0.350. The topological polar surface area (TPSA) is 50.4 Å². The van der Waals surface area contributed by atoms with E-state index in [9.17, 15) is 4.79 Å². The molecule has 2 aromatic rings. The number of benzene rings is 2. The Balaban J connectivity index is 1.61. The third-order valence-corrected chi connectivity index (χ3v) is 4.37. The van der Waals surface area contributed by atoms with Crippen LogP contribution in [-0.2, 0) is 9.53 Å². The molecule has 1 heterocycles. The summed E-state index contributed by atoms with van der Waals surface area (Å²) in [6.07, 6.45) is 0.868. The molecule has 1 saturated heterocycles. The van der Waals surface area contributed by atoms with Crippen LogP contribution in [0.25, 0.3) is 0 Å². The molecule has 0 aromatic heterocycles.